The number of ether oxygens (including phenoxy) is 2. The van der Waals surface area contributed by atoms with Gasteiger partial charge in [0, 0.05) is 36.0 Å². The molecule has 4 rings (SSSR count). The van der Waals surface area contributed by atoms with Crippen molar-refractivity contribution in [1.29, 1.82) is 0 Å². The van der Waals surface area contributed by atoms with E-state index in [2.05, 4.69) is 27.3 Å². The monoisotopic (exact) mass is 405 g/mol. The summed E-state index contributed by atoms with van der Waals surface area (Å²) in [6.07, 6.45) is 5.37. The quantitative estimate of drug-likeness (QED) is 0.572. The Bertz CT molecular complexity index is 1030. The molecule has 1 N–H and O–H groups in total. The zero-order valence-electron chi connectivity index (χ0n) is 17.5. The fourth-order valence-electron chi connectivity index (χ4n) is 3.85. The molecule has 0 spiro atoms. The van der Waals surface area contributed by atoms with Crippen LogP contribution < -0.4 is 15.0 Å². The van der Waals surface area contributed by atoms with Crippen molar-refractivity contribution in [2.24, 2.45) is 0 Å². The first-order valence-electron chi connectivity index (χ1n) is 10.5. The van der Waals surface area contributed by atoms with Crippen LogP contribution in [0.5, 0.6) is 5.75 Å². The Morgan fingerprint density at radius 2 is 1.87 bits per heavy atom. The van der Waals surface area contributed by atoms with Crippen molar-refractivity contribution < 1.29 is 14.3 Å². The molecule has 1 saturated heterocycles. The first-order chi connectivity index (χ1) is 14.7. The Kier molecular flexibility index (Phi) is 6.02. The zero-order valence-corrected chi connectivity index (χ0v) is 17.5. The highest BCUT2D eigenvalue weighted by Gasteiger charge is 2.18. The molecular weight excluding hydrogens is 378 g/mol. The van der Waals surface area contributed by atoms with E-state index in [0.29, 0.717) is 23.6 Å². The van der Waals surface area contributed by atoms with Gasteiger partial charge in [0.05, 0.1) is 24.9 Å². The van der Waals surface area contributed by atoms with E-state index < -0.39 is 5.97 Å². The van der Waals surface area contributed by atoms with Gasteiger partial charge in [-0.15, -0.1) is 0 Å². The van der Waals surface area contributed by atoms with E-state index in [9.17, 15) is 4.79 Å². The van der Waals surface area contributed by atoms with Crippen molar-refractivity contribution in [3.8, 4) is 5.75 Å². The van der Waals surface area contributed by atoms with Gasteiger partial charge in [0.1, 0.15) is 11.3 Å². The maximum Gasteiger partial charge on any atom is 0.341 e. The molecule has 0 amide bonds. The average Bonchev–Trinajstić information content (AvgIpc) is 2.80. The van der Waals surface area contributed by atoms with Crippen LogP contribution in [0.15, 0.2) is 48.7 Å². The van der Waals surface area contributed by atoms with E-state index in [1.165, 1.54) is 24.9 Å². The third-order valence-corrected chi connectivity index (χ3v) is 5.43. The second-order valence-corrected chi connectivity index (χ2v) is 7.37. The predicted molar refractivity (Wildman–Crippen MR) is 120 cm³/mol. The number of hydrogen-bond acceptors (Lipinski definition) is 6. The van der Waals surface area contributed by atoms with Crippen LogP contribution in [0.2, 0.25) is 0 Å². The number of methoxy groups -OCH3 is 1. The molecule has 0 bridgehead atoms. The lowest BCUT2D eigenvalue weighted by molar-refractivity contribution is 0.0527. The molecule has 0 atom stereocenters. The Hall–Kier alpha value is -3.28. The van der Waals surface area contributed by atoms with Gasteiger partial charge in [0.2, 0.25) is 0 Å². The normalized spacial score (nSPS) is 13.9. The minimum Gasteiger partial charge on any atom is -0.497 e. The number of nitrogens with zero attached hydrogens (tertiary/aromatic N) is 2. The van der Waals surface area contributed by atoms with Gasteiger partial charge in [0.25, 0.3) is 0 Å². The van der Waals surface area contributed by atoms with Crippen LogP contribution >= 0.6 is 0 Å². The molecule has 1 aliphatic heterocycles. The Morgan fingerprint density at radius 3 is 2.57 bits per heavy atom. The van der Waals surface area contributed by atoms with Gasteiger partial charge in [-0.3, -0.25) is 4.98 Å². The van der Waals surface area contributed by atoms with Gasteiger partial charge in [-0.25, -0.2) is 4.79 Å². The number of rotatable bonds is 6. The van der Waals surface area contributed by atoms with Gasteiger partial charge in [-0.05, 0) is 68.7 Å². The van der Waals surface area contributed by atoms with Crippen molar-refractivity contribution >= 4 is 33.9 Å². The van der Waals surface area contributed by atoms with E-state index in [1.807, 2.05) is 30.3 Å². The summed E-state index contributed by atoms with van der Waals surface area (Å²) in [6.45, 7) is 4.31. The van der Waals surface area contributed by atoms with Gasteiger partial charge in [-0.2, -0.15) is 0 Å². The summed E-state index contributed by atoms with van der Waals surface area (Å²) in [6, 6.07) is 14.0. The van der Waals surface area contributed by atoms with E-state index in [4.69, 9.17) is 9.47 Å². The van der Waals surface area contributed by atoms with Crippen LogP contribution in [0.3, 0.4) is 0 Å². The van der Waals surface area contributed by atoms with Crippen molar-refractivity contribution in [2.45, 2.75) is 26.2 Å². The molecule has 0 radical (unpaired) electrons. The summed E-state index contributed by atoms with van der Waals surface area (Å²) >= 11 is 0. The van der Waals surface area contributed by atoms with Crippen LogP contribution in [-0.4, -0.2) is 37.8 Å². The van der Waals surface area contributed by atoms with Gasteiger partial charge in [-0.1, -0.05) is 0 Å². The van der Waals surface area contributed by atoms with Crippen molar-refractivity contribution in [2.75, 3.05) is 37.0 Å². The molecule has 3 aromatic rings. The van der Waals surface area contributed by atoms with Crippen LogP contribution in [0.4, 0.5) is 17.1 Å². The number of anilines is 3. The summed E-state index contributed by atoms with van der Waals surface area (Å²) < 4.78 is 10.6. The van der Waals surface area contributed by atoms with Crippen molar-refractivity contribution in [3.05, 3.63) is 54.2 Å². The minimum absolute atomic E-state index is 0.305. The van der Waals surface area contributed by atoms with Crippen LogP contribution in [0, 0.1) is 0 Å². The van der Waals surface area contributed by atoms with E-state index in [0.717, 1.165) is 29.7 Å². The second-order valence-electron chi connectivity index (χ2n) is 7.37. The van der Waals surface area contributed by atoms with Crippen LogP contribution in [0.25, 0.3) is 10.9 Å². The molecule has 0 unspecified atom stereocenters. The van der Waals surface area contributed by atoms with Crippen LogP contribution in [0.1, 0.15) is 36.5 Å². The molecule has 2 aromatic carbocycles. The maximum atomic E-state index is 12.6. The number of aromatic nitrogens is 1. The zero-order chi connectivity index (χ0) is 20.9. The van der Waals surface area contributed by atoms with E-state index in [-0.39, 0.29) is 0 Å². The molecule has 0 saturated carbocycles. The Balaban J connectivity index is 1.70. The highest BCUT2D eigenvalue weighted by molar-refractivity contribution is 6.06. The minimum atomic E-state index is -0.401. The SMILES string of the molecule is CCOC(=O)c1cnc2ccc(OC)cc2c1Nc1ccc(N2CCCCC2)cc1. The maximum absolute atomic E-state index is 12.6. The van der Waals surface area contributed by atoms with Crippen molar-refractivity contribution in [1.82, 2.24) is 4.98 Å². The molecule has 2 heterocycles. The molecule has 6 heteroatoms. The summed E-state index contributed by atoms with van der Waals surface area (Å²) in [5.41, 5.74) is 3.97. The fraction of sp³-hybridized carbons (Fsp3) is 0.333. The number of benzene rings is 2. The summed E-state index contributed by atoms with van der Waals surface area (Å²) in [4.78, 5) is 19.4. The van der Waals surface area contributed by atoms with Crippen LogP contribution in [-0.2, 0) is 4.74 Å². The second kappa shape index (κ2) is 9.03. The lowest BCUT2D eigenvalue weighted by atomic mass is 10.1. The molecule has 156 valence electrons. The highest BCUT2D eigenvalue weighted by Crippen LogP contribution is 2.33. The molecular formula is C24H27N3O3. The highest BCUT2D eigenvalue weighted by atomic mass is 16.5. The average molecular weight is 405 g/mol. The largest absolute Gasteiger partial charge is 0.497 e. The Morgan fingerprint density at radius 1 is 1.10 bits per heavy atom. The first kappa shape index (κ1) is 20.0. The smallest absolute Gasteiger partial charge is 0.341 e. The van der Waals surface area contributed by atoms with Gasteiger partial charge >= 0.3 is 5.97 Å². The summed E-state index contributed by atoms with van der Waals surface area (Å²) in [5.74, 6) is 0.302. The first-order valence-corrected chi connectivity index (χ1v) is 10.5. The van der Waals surface area contributed by atoms with E-state index >= 15 is 0 Å². The number of carbonyl (C=O) groups is 1. The molecule has 0 aliphatic carbocycles. The standard InChI is InChI=1S/C24H27N3O3/c1-3-30-24(28)21-16-25-22-12-11-19(29-2)15-20(22)23(21)26-17-7-9-18(10-8-17)27-13-5-4-6-14-27/h7-12,15-16H,3-6,13-14H2,1-2H3,(H,25,26). The number of carbonyl (C=O) groups excluding carboxylic acids is 1. The fourth-order valence-corrected chi connectivity index (χ4v) is 3.85. The topological polar surface area (TPSA) is 63.7 Å². The number of esters is 1. The number of hydrogen-bond donors (Lipinski definition) is 1. The third-order valence-electron chi connectivity index (χ3n) is 5.43. The number of nitrogens with one attached hydrogen (secondary N) is 1. The Labute approximate surface area is 176 Å². The molecule has 1 fully saturated rings. The molecule has 1 aromatic heterocycles. The number of piperidine rings is 1. The lowest BCUT2D eigenvalue weighted by Crippen LogP contribution is -2.29. The summed E-state index contributed by atoms with van der Waals surface area (Å²) in [5, 5.41) is 4.23. The van der Waals surface area contributed by atoms with Gasteiger partial charge in [0.15, 0.2) is 0 Å². The third kappa shape index (κ3) is 4.17. The molecule has 6 nitrogen and oxygen atoms in total. The van der Waals surface area contributed by atoms with Crippen molar-refractivity contribution in [3.63, 3.8) is 0 Å². The predicted octanol–water partition coefficient (Wildman–Crippen LogP) is 5.15. The van der Waals surface area contributed by atoms with E-state index in [1.54, 1.807) is 20.2 Å². The molecule has 30 heavy (non-hydrogen) atoms. The molecule has 1 aliphatic rings. The number of fused-ring (bicyclic) bond motifs is 1. The number of pyridine rings is 1. The lowest BCUT2D eigenvalue weighted by Gasteiger charge is -2.29. The van der Waals surface area contributed by atoms with Gasteiger partial charge < -0.3 is 19.7 Å². The summed E-state index contributed by atoms with van der Waals surface area (Å²) in [7, 11) is 1.62.